The summed E-state index contributed by atoms with van der Waals surface area (Å²) in [6.07, 6.45) is 3.11. The Kier molecular flexibility index (Phi) is 7.16. The number of benzene rings is 3. The molecule has 6 rings (SSSR count). The summed E-state index contributed by atoms with van der Waals surface area (Å²) in [5.41, 5.74) is 10.6. The van der Waals surface area contributed by atoms with Crippen LogP contribution < -0.4 is 0 Å². The summed E-state index contributed by atoms with van der Waals surface area (Å²) in [4.78, 5) is 9.14. The number of aromatic nitrogens is 1. The molecule has 0 unspecified atom stereocenters. The smallest absolute Gasteiger partial charge is 0.0880 e. The molecule has 208 valence electrons. The summed E-state index contributed by atoms with van der Waals surface area (Å²) >= 11 is 3.85. The number of hydrogen-bond acceptors (Lipinski definition) is 3. The molecule has 0 bridgehead atoms. The highest BCUT2D eigenvalue weighted by Crippen LogP contribution is 2.49. The van der Waals surface area contributed by atoms with Gasteiger partial charge in [0.25, 0.3) is 0 Å². The van der Waals surface area contributed by atoms with Crippen molar-refractivity contribution in [3.8, 4) is 31.5 Å². The summed E-state index contributed by atoms with van der Waals surface area (Å²) < 4.78 is 1.28. The summed E-state index contributed by atoms with van der Waals surface area (Å²) in [6, 6.07) is 24.9. The first kappa shape index (κ1) is 27.9. The maximum atomic E-state index is 4.99. The number of rotatable bonds is 5. The van der Waals surface area contributed by atoms with E-state index < -0.39 is 0 Å². The van der Waals surface area contributed by atoms with E-state index in [1.807, 2.05) is 28.9 Å². The van der Waals surface area contributed by atoms with Crippen molar-refractivity contribution in [1.29, 1.82) is 0 Å². The number of aryl methyl sites for hydroxylation is 1. The lowest BCUT2D eigenvalue weighted by Crippen LogP contribution is -2.12. The normalized spacial score (nSPS) is 12.2. The van der Waals surface area contributed by atoms with Crippen LogP contribution in [-0.2, 0) is 11.8 Å². The van der Waals surface area contributed by atoms with Crippen molar-refractivity contribution in [2.45, 2.75) is 67.2 Å². The van der Waals surface area contributed by atoms with E-state index >= 15 is 0 Å². The fourth-order valence-corrected chi connectivity index (χ4v) is 8.87. The first-order valence-electron chi connectivity index (χ1n) is 14.6. The van der Waals surface area contributed by atoms with Crippen LogP contribution in [0.5, 0.6) is 0 Å². The Hall–Kier alpha value is -3.27. The molecule has 0 saturated carbocycles. The Labute approximate surface area is 252 Å². The van der Waals surface area contributed by atoms with Crippen LogP contribution in [-0.4, -0.2) is 4.98 Å². The second kappa shape index (κ2) is 10.5. The molecule has 0 aliphatic heterocycles. The molecule has 41 heavy (non-hydrogen) atoms. The van der Waals surface area contributed by atoms with Crippen molar-refractivity contribution in [2.75, 3.05) is 0 Å². The fourth-order valence-electron chi connectivity index (χ4n) is 5.99. The lowest BCUT2D eigenvalue weighted by Gasteiger charge is -2.22. The zero-order valence-electron chi connectivity index (χ0n) is 25.5. The minimum atomic E-state index is 0.0367. The van der Waals surface area contributed by atoms with E-state index in [1.54, 1.807) is 0 Å². The van der Waals surface area contributed by atoms with E-state index in [2.05, 4.69) is 122 Å². The molecule has 0 atom stereocenters. The van der Waals surface area contributed by atoms with Gasteiger partial charge in [0.15, 0.2) is 0 Å². The molecule has 1 nitrogen and oxygen atoms in total. The Bertz CT molecular complexity index is 1890. The van der Waals surface area contributed by atoms with Crippen molar-refractivity contribution in [3.05, 3.63) is 101 Å². The van der Waals surface area contributed by atoms with Gasteiger partial charge in [-0.25, -0.2) is 0 Å². The molecule has 0 saturated heterocycles. The van der Waals surface area contributed by atoms with E-state index in [-0.39, 0.29) is 5.41 Å². The van der Waals surface area contributed by atoms with Crippen molar-refractivity contribution < 1.29 is 0 Å². The van der Waals surface area contributed by atoms with Crippen LogP contribution in [0.15, 0.2) is 72.9 Å². The number of thiophene rings is 2. The van der Waals surface area contributed by atoms with Crippen molar-refractivity contribution in [3.63, 3.8) is 0 Å². The molecule has 0 spiro atoms. The Balaban J connectivity index is 1.49. The van der Waals surface area contributed by atoms with Gasteiger partial charge in [-0.1, -0.05) is 83.1 Å². The average molecular weight is 574 g/mol. The second-order valence-electron chi connectivity index (χ2n) is 12.9. The SMILES string of the molecule is Cc1c(-c2ccc(CC(C)C)cc2)sc(-c2sc3c(-c4cc(C(C)(C)C)c5ccccc5c4)nccc3c2C)c1C. The maximum absolute atomic E-state index is 4.99. The van der Waals surface area contributed by atoms with E-state index in [9.17, 15) is 0 Å². The second-order valence-corrected chi connectivity index (χ2v) is 14.9. The standard InChI is InChI=1S/C38H39NS2/c1-22(2)19-26-13-15-27(16-14-26)34-23(3)24(4)35(40-34)36-25(5)30-17-18-39-33(37(30)41-36)29-20-28-11-9-10-12-31(28)32(21-29)38(6,7)8/h9-18,20-22H,19H2,1-8H3. The maximum Gasteiger partial charge on any atom is 0.0880 e. The highest BCUT2D eigenvalue weighted by molar-refractivity contribution is 7.27. The van der Waals surface area contributed by atoms with Gasteiger partial charge in [0, 0.05) is 26.4 Å². The molecule has 0 radical (unpaired) electrons. The molecule has 0 N–H and O–H groups in total. The van der Waals surface area contributed by atoms with E-state index in [4.69, 9.17) is 4.98 Å². The summed E-state index contributed by atoms with van der Waals surface area (Å²) in [6.45, 7) is 18.3. The first-order valence-corrected chi connectivity index (χ1v) is 16.3. The monoisotopic (exact) mass is 573 g/mol. The van der Waals surface area contributed by atoms with Crippen LogP contribution in [0.3, 0.4) is 0 Å². The zero-order chi connectivity index (χ0) is 29.1. The molecular formula is C38H39NS2. The van der Waals surface area contributed by atoms with Crippen molar-refractivity contribution in [1.82, 2.24) is 4.98 Å². The van der Waals surface area contributed by atoms with Gasteiger partial charge in [0.2, 0.25) is 0 Å². The number of fused-ring (bicyclic) bond motifs is 2. The molecule has 3 aromatic carbocycles. The molecule has 3 heteroatoms. The summed E-state index contributed by atoms with van der Waals surface area (Å²) in [7, 11) is 0. The third kappa shape index (κ3) is 5.04. The molecule has 3 heterocycles. The minimum Gasteiger partial charge on any atom is -0.255 e. The largest absolute Gasteiger partial charge is 0.255 e. The van der Waals surface area contributed by atoms with Crippen LogP contribution >= 0.6 is 22.7 Å². The minimum absolute atomic E-state index is 0.0367. The van der Waals surface area contributed by atoms with Gasteiger partial charge < -0.3 is 0 Å². The third-order valence-electron chi connectivity index (χ3n) is 8.31. The number of hydrogen-bond donors (Lipinski definition) is 0. The van der Waals surface area contributed by atoms with Gasteiger partial charge in [-0.3, -0.25) is 4.98 Å². The quantitative estimate of drug-likeness (QED) is 0.200. The molecule has 6 aromatic rings. The Morgan fingerprint density at radius 1 is 0.707 bits per heavy atom. The van der Waals surface area contributed by atoms with Gasteiger partial charge in [-0.15, -0.1) is 22.7 Å². The summed E-state index contributed by atoms with van der Waals surface area (Å²) in [5, 5.41) is 3.91. The highest BCUT2D eigenvalue weighted by atomic mass is 32.1. The molecule has 0 fully saturated rings. The molecule has 3 aromatic heterocycles. The number of pyridine rings is 1. The van der Waals surface area contributed by atoms with Crippen LogP contribution in [0, 0.1) is 26.7 Å². The van der Waals surface area contributed by atoms with Crippen LogP contribution in [0.4, 0.5) is 0 Å². The van der Waals surface area contributed by atoms with Gasteiger partial charge in [0.05, 0.1) is 10.4 Å². The summed E-state index contributed by atoms with van der Waals surface area (Å²) in [5.74, 6) is 0.670. The predicted molar refractivity (Wildman–Crippen MR) is 183 cm³/mol. The molecular weight excluding hydrogens is 535 g/mol. The topological polar surface area (TPSA) is 12.9 Å². The molecule has 0 amide bonds. The lowest BCUT2D eigenvalue weighted by atomic mass is 9.82. The van der Waals surface area contributed by atoms with E-state index in [0.29, 0.717) is 5.92 Å². The average Bonchev–Trinajstić information content (AvgIpc) is 3.43. The van der Waals surface area contributed by atoms with Crippen LogP contribution in [0.1, 0.15) is 62.4 Å². The predicted octanol–water partition coefficient (Wildman–Crippen LogP) is 11.9. The zero-order valence-corrected chi connectivity index (χ0v) is 27.1. The van der Waals surface area contributed by atoms with Gasteiger partial charge in [-0.05, 0) is 106 Å². The van der Waals surface area contributed by atoms with E-state index in [1.165, 1.54) is 74.4 Å². The Morgan fingerprint density at radius 3 is 2.10 bits per heavy atom. The lowest BCUT2D eigenvalue weighted by molar-refractivity contribution is 0.596. The van der Waals surface area contributed by atoms with Crippen molar-refractivity contribution >= 4 is 43.5 Å². The molecule has 0 aliphatic rings. The van der Waals surface area contributed by atoms with Gasteiger partial charge in [-0.2, -0.15) is 0 Å². The van der Waals surface area contributed by atoms with Gasteiger partial charge in [0.1, 0.15) is 0 Å². The van der Waals surface area contributed by atoms with Crippen LogP contribution in [0.25, 0.3) is 52.3 Å². The van der Waals surface area contributed by atoms with Gasteiger partial charge >= 0.3 is 0 Å². The number of nitrogens with zero attached hydrogens (tertiary/aromatic N) is 1. The first-order chi connectivity index (χ1) is 19.5. The Morgan fingerprint density at radius 2 is 1.39 bits per heavy atom. The highest BCUT2D eigenvalue weighted by Gasteiger charge is 2.23. The third-order valence-corrected chi connectivity index (χ3v) is 11.2. The van der Waals surface area contributed by atoms with E-state index in [0.717, 1.165) is 12.1 Å². The van der Waals surface area contributed by atoms with Crippen molar-refractivity contribution in [2.24, 2.45) is 5.92 Å². The fraction of sp³-hybridized carbons (Fsp3) is 0.289. The van der Waals surface area contributed by atoms with Crippen LogP contribution in [0.2, 0.25) is 0 Å². The molecule has 0 aliphatic carbocycles.